The van der Waals surface area contributed by atoms with Crippen LogP contribution < -0.4 is 4.74 Å². The minimum absolute atomic E-state index is 0.0914. The van der Waals surface area contributed by atoms with E-state index in [2.05, 4.69) is 28.9 Å². The first-order valence-corrected chi connectivity index (χ1v) is 12.2. The summed E-state index contributed by atoms with van der Waals surface area (Å²) in [6.07, 6.45) is 3.89. The Kier molecular flexibility index (Phi) is 6.57. The Bertz CT molecular complexity index is 1190. The summed E-state index contributed by atoms with van der Waals surface area (Å²) in [5.74, 6) is 1.30. The third-order valence-electron chi connectivity index (χ3n) is 6.48. The molecule has 32 heavy (non-hydrogen) atoms. The number of nitrogens with one attached hydrogen (secondary N) is 1. The first kappa shape index (κ1) is 22.8. The van der Waals surface area contributed by atoms with E-state index < -0.39 is 10.1 Å². The molecular formula is C24H30N2O5S. The molecule has 2 heterocycles. The van der Waals surface area contributed by atoms with E-state index in [-0.39, 0.29) is 10.9 Å². The lowest BCUT2D eigenvalue weighted by Gasteiger charge is -2.40. The summed E-state index contributed by atoms with van der Waals surface area (Å²) >= 11 is 0. The average Bonchev–Trinajstić information content (AvgIpc) is 3.27. The van der Waals surface area contributed by atoms with Crippen LogP contribution in [-0.2, 0) is 21.4 Å². The van der Waals surface area contributed by atoms with Crippen LogP contribution in [0, 0.1) is 12.8 Å². The van der Waals surface area contributed by atoms with Crippen molar-refractivity contribution in [3.8, 4) is 5.75 Å². The van der Waals surface area contributed by atoms with Crippen LogP contribution >= 0.6 is 0 Å². The number of nitrogens with zero attached hydrogens (tertiary/aromatic N) is 1. The van der Waals surface area contributed by atoms with Crippen molar-refractivity contribution in [1.82, 2.24) is 9.88 Å². The maximum Gasteiger partial charge on any atom is 0.294 e. The Morgan fingerprint density at radius 2 is 1.94 bits per heavy atom. The van der Waals surface area contributed by atoms with Crippen molar-refractivity contribution in [2.45, 2.75) is 37.2 Å². The maximum atomic E-state index is 11.5. The van der Waals surface area contributed by atoms with Gasteiger partial charge in [0.2, 0.25) is 0 Å². The van der Waals surface area contributed by atoms with Crippen LogP contribution in [0.3, 0.4) is 0 Å². The lowest BCUT2D eigenvalue weighted by atomic mass is 9.87. The van der Waals surface area contributed by atoms with Gasteiger partial charge in [-0.3, -0.25) is 9.45 Å². The van der Waals surface area contributed by atoms with Crippen molar-refractivity contribution in [2.24, 2.45) is 5.92 Å². The van der Waals surface area contributed by atoms with Crippen LogP contribution in [-0.4, -0.2) is 50.2 Å². The Hall–Kier alpha value is -2.39. The van der Waals surface area contributed by atoms with Gasteiger partial charge >= 0.3 is 0 Å². The zero-order valence-electron chi connectivity index (χ0n) is 18.7. The number of aryl methyl sites for hydroxylation is 1. The number of methoxy groups -OCH3 is 2. The highest BCUT2D eigenvalue weighted by molar-refractivity contribution is 7.85. The van der Waals surface area contributed by atoms with E-state index in [1.165, 1.54) is 12.1 Å². The molecule has 172 valence electrons. The molecule has 1 saturated heterocycles. The second-order valence-electron chi connectivity index (χ2n) is 8.52. The van der Waals surface area contributed by atoms with E-state index in [1.54, 1.807) is 26.4 Å². The van der Waals surface area contributed by atoms with E-state index in [1.807, 2.05) is 6.20 Å². The van der Waals surface area contributed by atoms with Gasteiger partial charge in [0, 0.05) is 49.0 Å². The monoisotopic (exact) mass is 458 g/mol. The maximum absolute atomic E-state index is 11.5. The van der Waals surface area contributed by atoms with E-state index in [0.717, 1.165) is 52.7 Å². The number of fused-ring (bicyclic) bond motifs is 1. The number of H-pyrrole nitrogens is 1. The third-order valence-corrected chi connectivity index (χ3v) is 7.35. The number of rotatable bonds is 7. The molecule has 2 aromatic carbocycles. The number of hydrogen-bond donors (Lipinski definition) is 2. The second kappa shape index (κ2) is 9.23. The number of piperidine rings is 1. The normalized spacial score (nSPS) is 20.0. The fourth-order valence-corrected chi connectivity index (χ4v) is 5.34. The predicted molar refractivity (Wildman–Crippen MR) is 124 cm³/mol. The minimum Gasteiger partial charge on any atom is -0.496 e. The summed E-state index contributed by atoms with van der Waals surface area (Å²) in [5.41, 5.74) is 4.42. The largest absolute Gasteiger partial charge is 0.496 e. The van der Waals surface area contributed by atoms with Crippen LogP contribution in [0.2, 0.25) is 0 Å². The topological polar surface area (TPSA) is 91.9 Å². The van der Waals surface area contributed by atoms with Gasteiger partial charge in [-0.05, 0) is 67.6 Å². The van der Waals surface area contributed by atoms with Gasteiger partial charge in [-0.25, -0.2) is 0 Å². The van der Waals surface area contributed by atoms with Gasteiger partial charge in [0.1, 0.15) is 5.75 Å². The lowest BCUT2D eigenvalue weighted by molar-refractivity contribution is 0.0579. The summed E-state index contributed by atoms with van der Waals surface area (Å²) < 4.78 is 43.5. The van der Waals surface area contributed by atoms with E-state index in [0.29, 0.717) is 19.1 Å². The lowest BCUT2D eigenvalue weighted by Crippen LogP contribution is -2.37. The number of likely N-dealkylation sites (tertiary alicyclic amines) is 1. The summed E-state index contributed by atoms with van der Waals surface area (Å²) in [4.78, 5) is 5.67. The van der Waals surface area contributed by atoms with Gasteiger partial charge in [-0.15, -0.1) is 0 Å². The molecule has 0 saturated carbocycles. The number of aromatic nitrogens is 1. The van der Waals surface area contributed by atoms with Crippen molar-refractivity contribution in [3.63, 3.8) is 0 Å². The molecule has 0 bridgehead atoms. The summed E-state index contributed by atoms with van der Waals surface area (Å²) in [5, 5.41) is 1.15. The average molecular weight is 459 g/mol. The quantitative estimate of drug-likeness (QED) is 0.512. The molecule has 4 rings (SSSR count). The van der Waals surface area contributed by atoms with E-state index in [9.17, 15) is 13.0 Å². The molecule has 2 atom stereocenters. The molecule has 1 unspecified atom stereocenters. The van der Waals surface area contributed by atoms with Gasteiger partial charge in [0.15, 0.2) is 0 Å². The molecule has 3 aromatic rings. The number of hydrogen-bond acceptors (Lipinski definition) is 5. The first-order chi connectivity index (χ1) is 15.3. The van der Waals surface area contributed by atoms with Crippen molar-refractivity contribution < 1.29 is 22.4 Å². The van der Waals surface area contributed by atoms with Crippen LogP contribution in [0.4, 0.5) is 0 Å². The van der Waals surface area contributed by atoms with Gasteiger partial charge in [0.05, 0.1) is 12.0 Å². The van der Waals surface area contributed by atoms with Crippen molar-refractivity contribution >= 4 is 21.0 Å². The molecule has 2 N–H and O–H groups in total. The van der Waals surface area contributed by atoms with Crippen LogP contribution in [0.25, 0.3) is 10.9 Å². The Balaban J connectivity index is 1.70. The highest BCUT2D eigenvalue weighted by Crippen LogP contribution is 2.39. The van der Waals surface area contributed by atoms with E-state index >= 15 is 0 Å². The van der Waals surface area contributed by atoms with E-state index in [4.69, 9.17) is 9.47 Å². The highest BCUT2D eigenvalue weighted by Gasteiger charge is 2.31. The zero-order chi connectivity index (χ0) is 22.9. The summed E-state index contributed by atoms with van der Waals surface area (Å²) in [7, 11) is -0.791. The number of benzene rings is 2. The second-order valence-corrected chi connectivity index (χ2v) is 9.94. The number of ether oxygens (including phenoxy) is 2. The molecule has 7 nitrogen and oxygen atoms in total. The fourth-order valence-electron chi connectivity index (χ4n) is 4.86. The molecule has 0 spiro atoms. The SMILES string of the molecule is COCC1CCN(Cc2c(OC)cc(C)c3[nH]ccc23)[C@H](c2ccc(S(=O)(=O)O)cc2)C1. The standard InChI is InChI=1S/C24H30N2O5S/c1-16-12-23(31-3)21(20-8-10-25-24(16)20)14-26-11-9-17(15-30-2)13-22(26)18-4-6-19(7-5-18)32(27,28)29/h4-8,10,12,17,22,25H,9,11,13-15H2,1-3H3,(H,27,28,29)/t17?,22-/m0/s1. The zero-order valence-corrected chi connectivity index (χ0v) is 19.5. The van der Waals surface area contributed by atoms with Gasteiger partial charge in [-0.2, -0.15) is 8.42 Å². The summed E-state index contributed by atoms with van der Waals surface area (Å²) in [6, 6.07) is 10.8. The highest BCUT2D eigenvalue weighted by atomic mass is 32.2. The van der Waals surface area contributed by atoms with Gasteiger partial charge in [-0.1, -0.05) is 12.1 Å². The van der Waals surface area contributed by atoms with Crippen molar-refractivity contribution in [2.75, 3.05) is 27.4 Å². The van der Waals surface area contributed by atoms with Gasteiger partial charge in [0.25, 0.3) is 10.1 Å². The first-order valence-electron chi connectivity index (χ1n) is 10.8. The Morgan fingerprint density at radius 1 is 1.19 bits per heavy atom. The van der Waals surface area contributed by atoms with Crippen LogP contribution in [0.1, 0.15) is 35.6 Å². The van der Waals surface area contributed by atoms with Crippen LogP contribution in [0.15, 0.2) is 47.5 Å². The molecule has 1 fully saturated rings. The summed E-state index contributed by atoms with van der Waals surface area (Å²) in [6.45, 7) is 4.37. The smallest absolute Gasteiger partial charge is 0.294 e. The van der Waals surface area contributed by atoms with Gasteiger partial charge < -0.3 is 14.5 Å². The third kappa shape index (κ3) is 4.54. The van der Waals surface area contributed by atoms with Crippen molar-refractivity contribution in [3.05, 3.63) is 59.3 Å². The molecule has 1 aliphatic heterocycles. The minimum atomic E-state index is -4.22. The number of aromatic amines is 1. The van der Waals surface area contributed by atoms with Crippen molar-refractivity contribution in [1.29, 1.82) is 0 Å². The fraction of sp³-hybridized carbons (Fsp3) is 0.417. The Labute approximate surface area is 189 Å². The molecule has 0 amide bonds. The molecular weight excluding hydrogens is 428 g/mol. The molecule has 8 heteroatoms. The predicted octanol–water partition coefficient (Wildman–Crippen LogP) is 4.33. The van der Waals surface area contributed by atoms with Crippen LogP contribution in [0.5, 0.6) is 5.75 Å². The molecule has 1 aromatic heterocycles. The Morgan fingerprint density at radius 3 is 2.59 bits per heavy atom. The molecule has 0 radical (unpaired) electrons. The molecule has 0 aliphatic carbocycles. The molecule has 1 aliphatic rings.